The van der Waals surface area contributed by atoms with E-state index < -0.39 is 5.91 Å². The monoisotopic (exact) mass is 381 g/mol. The van der Waals surface area contributed by atoms with E-state index in [4.69, 9.17) is 10.5 Å². The average Bonchev–Trinajstić information content (AvgIpc) is 2.72. The number of hydrogen-bond acceptors (Lipinski definition) is 4. The third kappa shape index (κ3) is 5.82. The van der Waals surface area contributed by atoms with E-state index in [0.717, 1.165) is 12.1 Å². The van der Waals surface area contributed by atoms with Crippen LogP contribution < -0.4 is 15.8 Å². The Balaban J connectivity index is 1.54. The predicted molar refractivity (Wildman–Crippen MR) is 108 cm³/mol. The van der Waals surface area contributed by atoms with Crippen LogP contribution >= 0.6 is 0 Å². The largest absolute Gasteiger partial charge is 0.483 e. The van der Waals surface area contributed by atoms with Crippen LogP contribution in [0.15, 0.2) is 48.5 Å². The highest BCUT2D eigenvalue weighted by Crippen LogP contribution is 2.18. The molecule has 3 N–H and O–H groups in total. The lowest BCUT2D eigenvalue weighted by molar-refractivity contribution is -0.119. The summed E-state index contributed by atoms with van der Waals surface area (Å²) in [6, 6.07) is 15.2. The van der Waals surface area contributed by atoms with Crippen molar-refractivity contribution in [2.24, 2.45) is 5.73 Å². The second kappa shape index (κ2) is 9.90. The molecule has 0 radical (unpaired) electrons. The Bertz CT molecular complexity index is 799. The standard InChI is InChI=1S/C22H27N3O3/c23-21(26)16-28-20-7-3-2-6-19(20)22(27)24-14-17-8-10-18(11-9-17)15-25-12-4-1-5-13-25/h2-3,6-11H,1,4-5,12-16H2,(H2,23,26)(H,24,27). The van der Waals surface area contributed by atoms with Gasteiger partial charge in [0.25, 0.3) is 11.8 Å². The number of para-hydroxylation sites is 1. The van der Waals surface area contributed by atoms with Crippen LogP contribution in [0.25, 0.3) is 0 Å². The Morgan fingerprint density at radius 3 is 2.36 bits per heavy atom. The molecular weight excluding hydrogens is 354 g/mol. The van der Waals surface area contributed by atoms with Gasteiger partial charge in [0.2, 0.25) is 0 Å². The zero-order valence-corrected chi connectivity index (χ0v) is 16.0. The smallest absolute Gasteiger partial charge is 0.255 e. The quantitative estimate of drug-likeness (QED) is 0.736. The van der Waals surface area contributed by atoms with Crippen LogP contribution in [-0.2, 0) is 17.9 Å². The molecule has 0 unspecified atom stereocenters. The van der Waals surface area contributed by atoms with Crippen molar-refractivity contribution in [3.63, 3.8) is 0 Å². The molecule has 1 heterocycles. The number of amides is 2. The van der Waals surface area contributed by atoms with Gasteiger partial charge in [0.1, 0.15) is 5.75 Å². The third-order valence-electron chi connectivity index (χ3n) is 4.83. The zero-order valence-electron chi connectivity index (χ0n) is 16.0. The molecule has 2 aromatic rings. The number of likely N-dealkylation sites (tertiary alicyclic amines) is 1. The van der Waals surface area contributed by atoms with Crippen LogP contribution in [0.5, 0.6) is 5.75 Å². The van der Waals surface area contributed by atoms with Gasteiger partial charge in [-0.3, -0.25) is 14.5 Å². The SMILES string of the molecule is NC(=O)COc1ccccc1C(=O)NCc1ccc(CN2CCCCC2)cc1. The second-order valence-electron chi connectivity index (χ2n) is 7.09. The Kier molecular flexibility index (Phi) is 7.03. The van der Waals surface area contributed by atoms with Gasteiger partial charge < -0.3 is 15.8 Å². The van der Waals surface area contributed by atoms with E-state index >= 15 is 0 Å². The lowest BCUT2D eigenvalue weighted by Gasteiger charge is -2.26. The summed E-state index contributed by atoms with van der Waals surface area (Å²) < 4.78 is 5.32. The fourth-order valence-corrected chi connectivity index (χ4v) is 3.34. The van der Waals surface area contributed by atoms with Gasteiger partial charge in [0, 0.05) is 13.1 Å². The molecule has 1 aliphatic rings. The maximum atomic E-state index is 12.5. The van der Waals surface area contributed by atoms with Crippen molar-refractivity contribution in [3.8, 4) is 5.75 Å². The number of nitrogens with two attached hydrogens (primary N) is 1. The van der Waals surface area contributed by atoms with Gasteiger partial charge in [-0.2, -0.15) is 0 Å². The Hall–Kier alpha value is -2.86. The summed E-state index contributed by atoms with van der Waals surface area (Å²) in [5.74, 6) is -0.493. The van der Waals surface area contributed by atoms with Crippen LogP contribution in [0.4, 0.5) is 0 Å². The van der Waals surface area contributed by atoms with Crippen molar-refractivity contribution < 1.29 is 14.3 Å². The number of piperidine rings is 1. The van der Waals surface area contributed by atoms with Gasteiger partial charge in [0.15, 0.2) is 6.61 Å². The highest BCUT2D eigenvalue weighted by molar-refractivity contribution is 5.97. The van der Waals surface area contributed by atoms with Crippen molar-refractivity contribution in [2.45, 2.75) is 32.4 Å². The van der Waals surface area contributed by atoms with Crippen molar-refractivity contribution in [1.82, 2.24) is 10.2 Å². The molecule has 0 aromatic heterocycles. The molecule has 1 aliphatic heterocycles. The minimum Gasteiger partial charge on any atom is -0.483 e. The maximum Gasteiger partial charge on any atom is 0.255 e. The summed E-state index contributed by atoms with van der Waals surface area (Å²) in [4.78, 5) is 25.9. The predicted octanol–water partition coefficient (Wildman–Crippen LogP) is 2.47. The van der Waals surface area contributed by atoms with Crippen LogP contribution in [0, 0.1) is 0 Å². The highest BCUT2D eigenvalue weighted by Gasteiger charge is 2.13. The molecule has 0 aliphatic carbocycles. The van der Waals surface area contributed by atoms with E-state index in [0.29, 0.717) is 17.9 Å². The number of nitrogens with one attached hydrogen (secondary N) is 1. The molecule has 6 heteroatoms. The molecule has 6 nitrogen and oxygen atoms in total. The van der Waals surface area contributed by atoms with E-state index in [1.807, 2.05) is 0 Å². The van der Waals surface area contributed by atoms with Gasteiger partial charge in [-0.15, -0.1) is 0 Å². The minimum atomic E-state index is -0.583. The van der Waals surface area contributed by atoms with E-state index in [2.05, 4.69) is 34.5 Å². The number of benzene rings is 2. The minimum absolute atomic E-state index is 0.252. The van der Waals surface area contributed by atoms with Crippen molar-refractivity contribution >= 4 is 11.8 Å². The van der Waals surface area contributed by atoms with E-state index in [1.54, 1.807) is 24.3 Å². The molecule has 0 atom stereocenters. The van der Waals surface area contributed by atoms with Crippen LogP contribution in [0.2, 0.25) is 0 Å². The second-order valence-corrected chi connectivity index (χ2v) is 7.09. The Labute approximate surface area is 165 Å². The lowest BCUT2D eigenvalue weighted by Crippen LogP contribution is -2.29. The number of hydrogen-bond donors (Lipinski definition) is 2. The van der Waals surface area contributed by atoms with E-state index in [9.17, 15) is 9.59 Å². The summed E-state index contributed by atoms with van der Waals surface area (Å²) in [5.41, 5.74) is 7.81. The van der Waals surface area contributed by atoms with Crippen LogP contribution in [0.3, 0.4) is 0 Å². The zero-order chi connectivity index (χ0) is 19.8. The molecule has 1 saturated heterocycles. The summed E-state index contributed by atoms with van der Waals surface area (Å²) in [6.07, 6.45) is 3.91. The van der Waals surface area contributed by atoms with Gasteiger partial charge in [-0.1, -0.05) is 42.8 Å². The van der Waals surface area contributed by atoms with Gasteiger partial charge in [0.05, 0.1) is 5.56 Å². The van der Waals surface area contributed by atoms with Gasteiger partial charge in [-0.05, 0) is 49.2 Å². The van der Waals surface area contributed by atoms with Gasteiger partial charge >= 0.3 is 0 Å². The van der Waals surface area contributed by atoms with Crippen molar-refractivity contribution in [2.75, 3.05) is 19.7 Å². The average molecular weight is 381 g/mol. The molecule has 28 heavy (non-hydrogen) atoms. The molecule has 2 aromatic carbocycles. The van der Waals surface area contributed by atoms with E-state index in [-0.39, 0.29) is 12.5 Å². The molecule has 2 amide bonds. The normalized spacial score (nSPS) is 14.4. The topological polar surface area (TPSA) is 84.7 Å². The first-order valence-electron chi connectivity index (χ1n) is 9.70. The fourth-order valence-electron chi connectivity index (χ4n) is 3.34. The van der Waals surface area contributed by atoms with Crippen molar-refractivity contribution in [3.05, 3.63) is 65.2 Å². The number of carbonyl (C=O) groups excluding carboxylic acids is 2. The Morgan fingerprint density at radius 2 is 1.64 bits per heavy atom. The van der Waals surface area contributed by atoms with E-state index in [1.165, 1.54) is 37.9 Å². The molecule has 3 rings (SSSR count). The Morgan fingerprint density at radius 1 is 0.964 bits per heavy atom. The van der Waals surface area contributed by atoms with Crippen LogP contribution in [0.1, 0.15) is 40.7 Å². The highest BCUT2D eigenvalue weighted by atomic mass is 16.5. The summed E-state index contributed by atoms with van der Waals surface area (Å²) in [5, 5.41) is 2.90. The van der Waals surface area contributed by atoms with Crippen LogP contribution in [-0.4, -0.2) is 36.4 Å². The summed E-state index contributed by atoms with van der Waals surface area (Å²) in [7, 11) is 0. The molecule has 1 fully saturated rings. The third-order valence-corrected chi connectivity index (χ3v) is 4.83. The first-order valence-corrected chi connectivity index (χ1v) is 9.70. The number of rotatable bonds is 8. The molecule has 148 valence electrons. The first-order chi connectivity index (χ1) is 13.6. The maximum absolute atomic E-state index is 12.5. The molecule has 0 spiro atoms. The number of carbonyl (C=O) groups is 2. The number of primary amides is 1. The fraction of sp³-hybridized carbons (Fsp3) is 0.364. The molecule has 0 saturated carbocycles. The summed E-state index contributed by atoms with van der Waals surface area (Å²) in [6.45, 7) is 3.50. The lowest BCUT2D eigenvalue weighted by atomic mass is 10.1. The number of nitrogens with zero attached hydrogens (tertiary/aromatic N) is 1. The molecular formula is C22H27N3O3. The molecule has 0 bridgehead atoms. The van der Waals surface area contributed by atoms with Gasteiger partial charge in [-0.25, -0.2) is 0 Å². The summed E-state index contributed by atoms with van der Waals surface area (Å²) >= 11 is 0. The van der Waals surface area contributed by atoms with Crippen molar-refractivity contribution in [1.29, 1.82) is 0 Å². The first kappa shape index (κ1) is 19.9. The number of ether oxygens (including phenoxy) is 1.